The highest BCUT2D eigenvalue weighted by Crippen LogP contribution is 2.72. The number of carbonyl (C=O) groups is 1. The standard InChI is InChI=1S/C15H22O2/c1-9-4-5-10-8-12-11(13(16)17)6-7-15(9,12)14(10,2)3/h9-10H,4-8H2,1-3H3,(H,16,17). The molecule has 3 rings (SSSR count). The largest absolute Gasteiger partial charge is 0.478 e. The predicted octanol–water partition coefficient (Wildman–Crippen LogP) is 3.62. The Kier molecular flexibility index (Phi) is 2.10. The summed E-state index contributed by atoms with van der Waals surface area (Å²) in [4.78, 5) is 11.4. The molecule has 0 aromatic heterocycles. The van der Waals surface area contributed by atoms with E-state index >= 15 is 0 Å². The number of hydrogen-bond donors (Lipinski definition) is 1. The molecule has 3 aliphatic rings. The summed E-state index contributed by atoms with van der Waals surface area (Å²) in [5.41, 5.74) is 2.60. The van der Waals surface area contributed by atoms with E-state index in [0.717, 1.165) is 24.8 Å². The van der Waals surface area contributed by atoms with Crippen molar-refractivity contribution in [2.45, 2.75) is 52.9 Å². The van der Waals surface area contributed by atoms with Gasteiger partial charge in [0.05, 0.1) is 0 Å². The predicted molar refractivity (Wildman–Crippen MR) is 66.6 cm³/mol. The van der Waals surface area contributed by atoms with Crippen molar-refractivity contribution < 1.29 is 9.90 Å². The van der Waals surface area contributed by atoms with Gasteiger partial charge in [0.15, 0.2) is 0 Å². The molecule has 94 valence electrons. The average Bonchev–Trinajstić information content (AvgIpc) is 2.65. The zero-order valence-electron chi connectivity index (χ0n) is 11.0. The van der Waals surface area contributed by atoms with Crippen molar-refractivity contribution in [2.75, 3.05) is 0 Å². The Morgan fingerprint density at radius 2 is 2.06 bits per heavy atom. The van der Waals surface area contributed by atoms with Gasteiger partial charge in [0.1, 0.15) is 0 Å². The Morgan fingerprint density at radius 3 is 2.71 bits per heavy atom. The first-order valence-electron chi connectivity index (χ1n) is 6.87. The number of allylic oxidation sites excluding steroid dienone is 1. The first-order chi connectivity index (χ1) is 7.91. The number of fused-ring (bicyclic) bond motifs is 1. The molecular formula is C15H22O2. The maximum absolute atomic E-state index is 11.4. The molecule has 1 spiro atoms. The van der Waals surface area contributed by atoms with Crippen molar-refractivity contribution in [2.24, 2.45) is 22.7 Å². The third-order valence-electron chi connectivity index (χ3n) is 6.34. The molecule has 2 fully saturated rings. The number of aliphatic carboxylic acids is 1. The number of carboxylic acid groups (broad SMARTS) is 1. The van der Waals surface area contributed by atoms with Gasteiger partial charge in [-0.1, -0.05) is 26.3 Å². The lowest BCUT2D eigenvalue weighted by Gasteiger charge is -2.51. The van der Waals surface area contributed by atoms with Crippen molar-refractivity contribution >= 4 is 5.97 Å². The molecule has 0 aromatic rings. The van der Waals surface area contributed by atoms with Crippen LogP contribution in [0, 0.1) is 22.7 Å². The molecule has 3 unspecified atom stereocenters. The fourth-order valence-electron chi connectivity index (χ4n) is 5.35. The zero-order valence-corrected chi connectivity index (χ0v) is 11.0. The molecule has 2 heteroatoms. The van der Waals surface area contributed by atoms with Gasteiger partial charge in [-0.05, 0) is 49.4 Å². The van der Waals surface area contributed by atoms with Crippen LogP contribution >= 0.6 is 0 Å². The molecule has 17 heavy (non-hydrogen) atoms. The van der Waals surface area contributed by atoms with Gasteiger partial charge in [0.2, 0.25) is 0 Å². The lowest BCUT2D eigenvalue weighted by Crippen LogP contribution is -2.44. The highest BCUT2D eigenvalue weighted by atomic mass is 16.4. The molecule has 0 aliphatic heterocycles. The summed E-state index contributed by atoms with van der Waals surface area (Å²) in [7, 11) is 0. The summed E-state index contributed by atoms with van der Waals surface area (Å²) < 4.78 is 0. The van der Waals surface area contributed by atoms with E-state index in [1.165, 1.54) is 18.4 Å². The fourth-order valence-corrected chi connectivity index (χ4v) is 5.35. The minimum atomic E-state index is -0.660. The number of hydrogen-bond acceptors (Lipinski definition) is 1. The molecule has 2 saturated carbocycles. The highest BCUT2D eigenvalue weighted by Gasteiger charge is 2.64. The molecule has 0 radical (unpaired) electrons. The van der Waals surface area contributed by atoms with Gasteiger partial charge in [-0.3, -0.25) is 0 Å². The van der Waals surface area contributed by atoms with E-state index in [2.05, 4.69) is 20.8 Å². The van der Waals surface area contributed by atoms with Crippen LogP contribution in [0.15, 0.2) is 11.1 Å². The second kappa shape index (κ2) is 3.15. The molecule has 3 aliphatic carbocycles. The van der Waals surface area contributed by atoms with Crippen molar-refractivity contribution in [3.8, 4) is 0 Å². The summed E-state index contributed by atoms with van der Waals surface area (Å²) in [5.74, 6) is 0.707. The molecule has 0 heterocycles. The van der Waals surface area contributed by atoms with Crippen LogP contribution in [-0.4, -0.2) is 11.1 Å². The quantitative estimate of drug-likeness (QED) is 0.752. The first-order valence-corrected chi connectivity index (χ1v) is 6.87. The molecule has 0 aromatic carbocycles. The van der Waals surface area contributed by atoms with E-state index in [0.29, 0.717) is 17.3 Å². The van der Waals surface area contributed by atoms with Crippen molar-refractivity contribution in [3.63, 3.8) is 0 Å². The second-order valence-corrected chi connectivity index (χ2v) is 6.83. The van der Waals surface area contributed by atoms with E-state index in [1.54, 1.807) is 0 Å². The van der Waals surface area contributed by atoms with E-state index in [-0.39, 0.29) is 5.41 Å². The van der Waals surface area contributed by atoms with Crippen LogP contribution in [0.25, 0.3) is 0 Å². The normalized spacial score (nSPS) is 42.8. The number of carboxylic acids is 1. The van der Waals surface area contributed by atoms with Crippen LogP contribution in [0.3, 0.4) is 0 Å². The monoisotopic (exact) mass is 234 g/mol. The van der Waals surface area contributed by atoms with Crippen molar-refractivity contribution in [1.29, 1.82) is 0 Å². The smallest absolute Gasteiger partial charge is 0.331 e. The highest BCUT2D eigenvalue weighted by molar-refractivity contribution is 5.89. The van der Waals surface area contributed by atoms with Crippen LogP contribution in [-0.2, 0) is 4.79 Å². The van der Waals surface area contributed by atoms with Crippen molar-refractivity contribution in [1.82, 2.24) is 0 Å². The van der Waals surface area contributed by atoms with Crippen LogP contribution < -0.4 is 0 Å². The third kappa shape index (κ3) is 1.10. The van der Waals surface area contributed by atoms with Gasteiger partial charge in [-0.2, -0.15) is 0 Å². The van der Waals surface area contributed by atoms with E-state index in [9.17, 15) is 9.90 Å². The van der Waals surface area contributed by atoms with Crippen LogP contribution in [0.4, 0.5) is 0 Å². The maximum Gasteiger partial charge on any atom is 0.331 e. The summed E-state index contributed by atoms with van der Waals surface area (Å²) in [6, 6.07) is 0. The summed E-state index contributed by atoms with van der Waals surface area (Å²) in [6.07, 6.45) is 5.50. The molecule has 0 amide bonds. The van der Waals surface area contributed by atoms with Crippen LogP contribution in [0.1, 0.15) is 52.9 Å². The Bertz CT molecular complexity index is 419. The minimum absolute atomic E-state index is 0.212. The lowest BCUT2D eigenvalue weighted by atomic mass is 9.53. The molecule has 0 saturated heterocycles. The van der Waals surface area contributed by atoms with Gasteiger partial charge >= 0.3 is 5.97 Å². The zero-order chi connectivity index (χ0) is 12.4. The average molecular weight is 234 g/mol. The number of rotatable bonds is 1. The summed E-state index contributed by atoms with van der Waals surface area (Å²) in [5, 5.41) is 9.38. The van der Waals surface area contributed by atoms with E-state index in [4.69, 9.17) is 0 Å². The Hall–Kier alpha value is -0.790. The third-order valence-corrected chi connectivity index (χ3v) is 6.34. The maximum atomic E-state index is 11.4. The van der Waals surface area contributed by atoms with Crippen LogP contribution in [0.2, 0.25) is 0 Å². The van der Waals surface area contributed by atoms with E-state index in [1.807, 2.05) is 0 Å². The molecular weight excluding hydrogens is 212 g/mol. The minimum Gasteiger partial charge on any atom is -0.478 e. The Labute approximate surface area is 103 Å². The van der Waals surface area contributed by atoms with Crippen molar-refractivity contribution in [3.05, 3.63) is 11.1 Å². The lowest BCUT2D eigenvalue weighted by molar-refractivity contribution is -0.132. The van der Waals surface area contributed by atoms with Gasteiger partial charge < -0.3 is 5.11 Å². The van der Waals surface area contributed by atoms with Crippen LogP contribution in [0.5, 0.6) is 0 Å². The van der Waals surface area contributed by atoms with Gasteiger partial charge in [-0.25, -0.2) is 4.79 Å². The van der Waals surface area contributed by atoms with E-state index < -0.39 is 5.97 Å². The molecule has 1 N–H and O–H groups in total. The summed E-state index contributed by atoms with van der Waals surface area (Å²) >= 11 is 0. The van der Waals surface area contributed by atoms with Gasteiger partial charge in [-0.15, -0.1) is 0 Å². The topological polar surface area (TPSA) is 37.3 Å². The molecule has 2 nitrogen and oxygen atoms in total. The molecule has 2 bridgehead atoms. The van der Waals surface area contributed by atoms with Gasteiger partial charge in [0, 0.05) is 11.0 Å². The summed E-state index contributed by atoms with van der Waals surface area (Å²) in [6.45, 7) is 7.10. The fraction of sp³-hybridized carbons (Fsp3) is 0.800. The molecule has 3 atom stereocenters. The first kappa shape index (κ1) is 11.3. The SMILES string of the molecule is CC1CCC2CC3=C(C(=O)O)CCC31C2(C)C. The Balaban J connectivity index is 2.20. The second-order valence-electron chi connectivity index (χ2n) is 6.83. The Morgan fingerprint density at radius 1 is 1.35 bits per heavy atom. The van der Waals surface area contributed by atoms with Gasteiger partial charge in [0.25, 0.3) is 0 Å².